The number of nitrogens with one attached hydrogen (secondary N) is 1. The smallest absolute Gasteiger partial charge is 0.221 e. The van der Waals surface area contributed by atoms with Gasteiger partial charge in [0.15, 0.2) is 0 Å². The highest BCUT2D eigenvalue weighted by molar-refractivity contribution is 5.88. The molecule has 112 valence electrons. The summed E-state index contributed by atoms with van der Waals surface area (Å²) >= 11 is 0. The van der Waals surface area contributed by atoms with Gasteiger partial charge in [-0.15, -0.1) is 0 Å². The van der Waals surface area contributed by atoms with Crippen molar-refractivity contribution >= 4 is 11.6 Å². The molecule has 0 aliphatic heterocycles. The molecule has 0 aliphatic rings. The Morgan fingerprint density at radius 3 is 2.62 bits per heavy atom. The van der Waals surface area contributed by atoms with Crippen LogP contribution in [0.2, 0.25) is 0 Å². The van der Waals surface area contributed by atoms with E-state index in [9.17, 15) is 4.79 Å². The fourth-order valence-electron chi connectivity index (χ4n) is 2.21. The van der Waals surface area contributed by atoms with Crippen molar-refractivity contribution in [1.82, 2.24) is 14.5 Å². The van der Waals surface area contributed by atoms with Crippen LogP contribution >= 0.6 is 0 Å². The van der Waals surface area contributed by atoms with Crippen molar-refractivity contribution < 1.29 is 4.79 Å². The van der Waals surface area contributed by atoms with Gasteiger partial charge in [0.05, 0.1) is 0 Å². The van der Waals surface area contributed by atoms with Crippen LogP contribution in [0.1, 0.15) is 13.3 Å². The summed E-state index contributed by atoms with van der Waals surface area (Å²) in [6, 6.07) is 7.76. The number of hydrogen-bond donors (Lipinski definition) is 1. The Balaban J connectivity index is 2.08. The zero-order valence-electron chi connectivity index (χ0n) is 12.8. The van der Waals surface area contributed by atoms with Crippen molar-refractivity contribution in [1.29, 1.82) is 0 Å². The summed E-state index contributed by atoms with van der Waals surface area (Å²) in [6.45, 7) is 3.51. The molecular formula is C16H22N4O. The van der Waals surface area contributed by atoms with Gasteiger partial charge in [-0.25, -0.2) is 4.98 Å². The van der Waals surface area contributed by atoms with Crippen molar-refractivity contribution in [3.63, 3.8) is 0 Å². The lowest BCUT2D eigenvalue weighted by Crippen LogP contribution is -2.15. The predicted molar refractivity (Wildman–Crippen MR) is 85.1 cm³/mol. The molecule has 0 aliphatic carbocycles. The molecule has 2 aromatic rings. The van der Waals surface area contributed by atoms with Crippen LogP contribution in [0.25, 0.3) is 11.4 Å². The van der Waals surface area contributed by atoms with E-state index in [0.717, 1.165) is 36.6 Å². The highest BCUT2D eigenvalue weighted by Gasteiger charge is 2.06. The number of rotatable bonds is 6. The number of amides is 1. The third-order valence-corrected chi connectivity index (χ3v) is 3.18. The van der Waals surface area contributed by atoms with E-state index < -0.39 is 0 Å². The van der Waals surface area contributed by atoms with Crippen molar-refractivity contribution in [3.05, 3.63) is 36.7 Å². The van der Waals surface area contributed by atoms with E-state index in [2.05, 4.69) is 33.9 Å². The Kier molecular flexibility index (Phi) is 5.11. The summed E-state index contributed by atoms with van der Waals surface area (Å²) in [5.74, 6) is 0.899. The number of carbonyl (C=O) groups is 1. The summed E-state index contributed by atoms with van der Waals surface area (Å²) in [4.78, 5) is 17.6. The quantitative estimate of drug-likeness (QED) is 0.887. The van der Waals surface area contributed by atoms with Gasteiger partial charge in [0.2, 0.25) is 5.91 Å². The maximum absolute atomic E-state index is 11.0. The lowest BCUT2D eigenvalue weighted by atomic mass is 10.2. The van der Waals surface area contributed by atoms with Crippen LogP contribution in [-0.2, 0) is 11.3 Å². The van der Waals surface area contributed by atoms with Crippen LogP contribution in [0.5, 0.6) is 0 Å². The molecule has 5 nitrogen and oxygen atoms in total. The Labute approximate surface area is 125 Å². The van der Waals surface area contributed by atoms with Gasteiger partial charge >= 0.3 is 0 Å². The number of nitrogens with zero attached hydrogens (tertiary/aromatic N) is 3. The second kappa shape index (κ2) is 7.04. The molecule has 5 heteroatoms. The van der Waals surface area contributed by atoms with E-state index >= 15 is 0 Å². The van der Waals surface area contributed by atoms with E-state index in [4.69, 9.17) is 0 Å². The minimum absolute atomic E-state index is 0.0621. The zero-order chi connectivity index (χ0) is 15.2. The van der Waals surface area contributed by atoms with Gasteiger partial charge in [-0.05, 0) is 51.3 Å². The predicted octanol–water partition coefficient (Wildman–Crippen LogP) is 2.46. The maximum Gasteiger partial charge on any atom is 0.221 e. The van der Waals surface area contributed by atoms with Gasteiger partial charge in [-0.2, -0.15) is 0 Å². The topological polar surface area (TPSA) is 50.2 Å². The molecule has 1 aromatic heterocycles. The van der Waals surface area contributed by atoms with Gasteiger partial charge in [0.25, 0.3) is 0 Å². The van der Waals surface area contributed by atoms with Crippen LogP contribution in [0.4, 0.5) is 5.69 Å². The van der Waals surface area contributed by atoms with Crippen LogP contribution in [-0.4, -0.2) is 41.0 Å². The van der Waals surface area contributed by atoms with Gasteiger partial charge < -0.3 is 14.8 Å². The third-order valence-electron chi connectivity index (χ3n) is 3.18. The Morgan fingerprint density at radius 1 is 1.29 bits per heavy atom. The van der Waals surface area contributed by atoms with Gasteiger partial charge in [0, 0.05) is 37.1 Å². The van der Waals surface area contributed by atoms with Crippen molar-refractivity contribution in [2.75, 3.05) is 26.0 Å². The number of anilines is 1. The van der Waals surface area contributed by atoms with E-state index in [1.165, 1.54) is 6.92 Å². The van der Waals surface area contributed by atoms with Gasteiger partial charge in [0.1, 0.15) is 5.82 Å². The first kappa shape index (κ1) is 15.3. The average Bonchev–Trinajstić information content (AvgIpc) is 2.87. The minimum Gasteiger partial charge on any atom is -0.331 e. The van der Waals surface area contributed by atoms with Crippen molar-refractivity contribution in [3.8, 4) is 11.4 Å². The second-order valence-electron chi connectivity index (χ2n) is 5.36. The number of aromatic nitrogens is 2. The molecule has 1 heterocycles. The Bertz CT molecular complexity index is 587. The highest BCUT2D eigenvalue weighted by Crippen LogP contribution is 2.20. The average molecular weight is 286 g/mol. The first-order valence-corrected chi connectivity index (χ1v) is 7.10. The Hall–Kier alpha value is -2.14. The summed E-state index contributed by atoms with van der Waals surface area (Å²) in [6.07, 6.45) is 4.92. The molecule has 0 atom stereocenters. The van der Waals surface area contributed by atoms with Crippen molar-refractivity contribution in [2.24, 2.45) is 0 Å². The van der Waals surface area contributed by atoms with E-state index in [0.29, 0.717) is 0 Å². The molecular weight excluding hydrogens is 264 g/mol. The molecule has 1 amide bonds. The third kappa shape index (κ3) is 4.43. The number of hydrogen-bond acceptors (Lipinski definition) is 3. The van der Waals surface area contributed by atoms with E-state index in [-0.39, 0.29) is 5.91 Å². The monoisotopic (exact) mass is 286 g/mol. The molecule has 2 rings (SSSR count). The Morgan fingerprint density at radius 2 is 2.00 bits per heavy atom. The minimum atomic E-state index is -0.0621. The SMILES string of the molecule is CC(=O)Nc1ccc(-c2nccn2CCCN(C)C)cc1. The fraction of sp³-hybridized carbons (Fsp3) is 0.375. The molecule has 0 saturated carbocycles. The van der Waals surface area contributed by atoms with Crippen LogP contribution in [0, 0.1) is 0 Å². The summed E-state index contributed by atoms with van der Waals surface area (Å²) in [5.41, 5.74) is 1.86. The number of benzene rings is 1. The summed E-state index contributed by atoms with van der Waals surface area (Å²) in [7, 11) is 4.16. The largest absolute Gasteiger partial charge is 0.331 e. The molecule has 0 bridgehead atoms. The maximum atomic E-state index is 11.0. The lowest BCUT2D eigenvalue weighted by Gasteiger charge is -2.12. The van der Waals surface area contributed by atoms with Crippen LogP contribution in [0.15, 0.2) is 36.7 Å². The number of aryl methyl sites for hydroxylation is 1. The zero-order valence-corrected chi connectivity index (χ0v) is 12.8. The van der Waals surface area contributed by atoms with Crippen molar-refractivity contribution in [2.45, 2.75) is 19.9 Å². The molecule has 0 saturated heterocycles. The van der Waals surface area contributed by atoms with Crippen LogP contribution < -0.4 is 5.32 Å². The lowest BCUT2D eigenvalue weighted by molar-refractivity contribution is -0.114. The highest BCUT2D eigenvalue weighted by atomic mass is 16.1. The molecule has 1 aromatic carbocycles. The summed E-state index contributed by atoms with van der Waals surface area (Å²) in [5, 5.41) is 2.77. The summed E-state index contributed by atoms with van der Waals surface area (Å²) < 4.78 is 2.16. The van der Waals surface area contributed by atoms with E-state index in [1.54, 1.807) is 0 Å². The second-order valence-corrected chi connectivity index (χ2v) is 5.36. The van der Waals surface area contributed by atoms with Gasteiger partial charge in [-0.1, -0.05) is 0 Å². The molecule has 0 radical (unpaired) electrons. The van der Waals surface area contributed by atoms with E-state index in [1.807, 2.05) is 36.7 Å². The first-order valence-electron chi connectivity index (χ1n) is 7.10. The molecule has 1 N–H and O–H groups in total. The number of imidazole rings is 1. The first-order chi connectivity index (χ1) is 10.1. The molecule has 21 heavy (non-hydrogen) atoms. The molecule has 0 spiro atoms. The molecule has 0 unspecified atom stereocenters. The standard InChI is InChI=1S/C16H22N4O/c1-13(21)18-15-7-5-14(6-8-15)16-17-9-12-20(16)11-4-10-19(2)3/h5-9,12H,4,10-11H2,1-3H3,(H,18,21). The van der Waals surface area contributed by atoms with Gasteiger partial charge in [-0.3, -0.25) is 4.79 Å². The fourth-order valence-corrected chi connectivity index (χ4v) is 2.21. The van der Waals surface area contributed by atoms with Crippen LogP contribution in [0.3, 0.4) is 0 Å². The molecule has 0 fully saturated rings. The number of carbonyl (C=O) groups excluding carboxylic acids is 1. The normalized spacial score (nSPS) is 10.9.